The highest BCUT2D eigenvalue weighted by Crippen LogP contribution is 2.38. The quantitative estimate of drug-likeness (QED) is 0.0958. The molecule has 5 heteroatoms. The summed E-state index contributed by atoms with van der Waals surface area (Å²) in [7, 11) is 0. The molecule has 0 bridgehead atoms. The van der Waals surface area contributed by atoms with Crippen molar-refractivity contribution in [3.05, 3.63) is 260 Å². The molecule has 5 nitrogen and oxygen atoms in total. The number of fused-ring (bicyclic) bond motifs is 4. The second-order valence-electron chi connectivity index (χ2n) is 17.6. The van der Waals surface area contributed by atoms with Gasteiger partial charge >= 0.3 is 0 Å². The van der Waals surface area contributed by atoms with Crippen LogP contribution in [0.15, 0.2) is 243 Å². The van der Waals surface area contributed by atoms with Gasteiger partial charge < -0.3 is 4.74 Å². The summed E-state index contributed by atoms with van der Waals surface area (Å²) in [5.41, 5.74) is 8.00. The lowest BCUT2D eigenvalue weighted by Crippen LogP contribution is -2.31. The third-order valence-corrected chi connectivity index (χ3v) is 12.8. The SMILES string of the molecule is [2H]c1c([2H])c([2H])c(-c2cccc(-c3c([2H])c([2H])c([2H])c([2H])c3[2H])c2-[n+]2[c-]n(-c3cccc(Oc4ccc5c6ccccc6n(-c6cc(CC(C)(C)c7ccccc7)ccn6)c5c4)c3)c3cc(-c4ccccc4)ccc32)c([2H])c1[2H]. The molecular formula is C64H48N4O. The lowest BCUT2D eigenvalue weighted by Gasteiger charge is -2.25. The zero-order chi connectivity index (χ0) is 55.0. The van der Waals surface area contributed by atoms with Gasteiger partial charge in [-0.15, -0.1) is 0 Å². The predicted octanol–water partition coefficient (Wildman–Crippen LogP) is 15.5. The zero-order valence-corrected chi connectivity index (χ0v) is 37.7. The summed E-state index contributed by atoms with van der Waals surface area (Å²) in [5.74, 6) is 1.87. The van der Waals surface area contributed by atoms with Crippen LogP contribution in [0.1, 0.15) is 38.7 Å². The molecule has 0 unspecified atom stereocenters. The maximum absolute atomic E-state index is 9.15. The predicted molar refractivity (Wildman–Crippen MR) is 282 cm³/mol. The number of ether oxygens (including phenoxy) is 1. The largest absolute Gasteiger partial charge is 0.458 e. The average molecular weight is 899 g/mol. The first-order valence-electron chi connectivity index (χ1n) is 27.7. The van der Waals surface area contributed by atoms with E-state index in [1.54, 1.807) is 22.8 Å². The number of rotatable bonds is 11. The number of pyridine rings is 1. The smallest absolute Gasteiger partial charge is 0.269 e. The Labute approximate surface area is 416 Å². The minimum Gasteiger partial charge on any atom is -0.458 e. The molecule has 0 N–H and O–H groups in total. The van der Waals surface area contributed by atoms with Gasteiger partial charge in [0.2, 0.25) is 0 Å². The maximum atomic E-state index is 9.15. The lowest BCUT2D eigenvalue weighted by atomic mass is 9.79. The van der Waals surface area contributed by atoms with Crippen LogP contribution in [-0.2, 0) is 11.8 Å². The number of aromatic nitrogens is 4. The highest BCUT2D eigenvalue weighted by molar-refractivity contribution is 6.09. The molecule has 0 atom stereocenters. The molecule has 0 radical (unpaired) electrons. The topological polar surface area (TPSA) is 35.9 Å². The molecule has 0 amide bonds. The third kappa shape index (κ3) is 7.84. The van der Waals surface area contributed by atoms with Crippen molar-refractivity contribution >= 4 is 32.8 Å². The monoisotopic (exact) mass is 898 g/mol. The molecule has 0 aliphatic rings. The molecule has 3 aromatic heterocycles. The summed E-state index contributed by atoms with van der Waals surface area (Å²) in [6.07, 6.45) is 6.20. The summed E-state index contributed by atoms with van der Waals surface area (Å²) in [4.78, 5) is 4.93. The van der Waals surface area contributed by atoms with E-state index in [1.165, 1.54) is 5.56 Å². The first kappa shape index (κ1) is 32.0. The highest BCUT2D eigenvalue weighted by Gasteiger charge is 2.23. The van der Waals surface area contributed by atoms with Crippen LogP contribution in [0.4, 0.5) is 0 Å². The van der Waals surface area contributed by atoms with Gasteiger partial charge in [-0.3, -0.25) is 13.7 Å². The Morgan fingerprint density at radius 1 is 0.551 bits per heavy atom. The number of benzene rings is 9. The van der Waals surface area contributed by atoms with Crippen LogP contribution in [-0.4, -0.2) is 14.1 Å². The molecule has 12 rings (SSSR count). The van der Waals surface area contributed by atoms with Crippen molar-refractivity contribution < 1.29 is 23.0 Å². The van der Waals surface area contributed by atoms with Gasteiger partial charge in [-0.05, 0) is 111 Å². The zero-order valence-electron chi connectivity index (χ0n) is 47.7. The molecule has 0 saturated heterocycles. The van der Waals surface area contributed by atoms with Crippen LogP contribution in [0.25, 0.3) is 83.4 Å². The Bertz CT molecular complexity index is 4280. The second-order valence-corrected chi connectivity index (χ2v) is 17.6. The molecule has 3 heterocycles. The number of hydrogen-bond donors (Lipinski definition) is 0. The number of para-hydroxylation sites is 2. The lowest BCUT2D eigenvalue weighted by molar-refractivity contribution is -0.571. The Kier molecular flexibility index (Phi) is 8.09. The molecule has 0 saturated carbocycles. The fourth-order valence-electron chi connectivity index (χ4n) is 9.51. The molecule has 12 aromatic rings. The van der Waals surface area contributed by atoms with Gasteiger partial charge in [0.15, 0.2) is 0 Å². The standard InChI is InChI=1S/C64H48N4O/c1-64(2,50-25-13-6-14-26-50)43-45-37-38-65-62(39-45)68-58-32-16-15-29-56(58)57-35-34-53(42-60(57)68)69-52-28-17-27-51(41-52)66-44-67(59-36-33-49(40-61(59)66)46-19-7-3-8-20-46)63-54(47-21-9-4-10-22-47)30-18-31-55(63)48-23-11-5-12-24-48/h3-42H,43H2,1-2H3/i4D,5D,9D,10D,11D,12D,21D,22D,23D,24D. The van der Waals surface area contributed by atoms with E-state index in [4.69, 9.17) is 23.4 Å². The molecule has 0 aliphatic heterocycles. The first-order valence-corrected chi connectivity index (χ1v) is 22.7. The average Bonchev–Trinajstić information content (AvgIpc) is 4.21. The van der Waals surface area contributed by atoms with E-state index >= 15 is 0 Å². The van der Waals surface area contributed by atoms with E-state index in [-0.39, 0.29) is 33.4 Å². The Morgan fingerprint density at radius 2 is 1.22 bits per heavy atom. The van der Waals surface area contributed by atoms with E-state index in [2.05, 4.69) is 79.3 Å². The summed E-state index contributed by atoms with van der Waals surface area (Å²) in [6.45, 7) is 4.52. The highest BCUT2D eigenvalue weighted by atomic mass is 16.5. The summed E-state index contributed by atoms with van der Waals surface area (Å²) in [5, 5.41) is 2.11. The molecule has 330 valence electrons. The second kappa shape index (κ2) is 17.4. The Hall–Kier alpha value is -8.80. The van der Waals surface area contributed by atoms with E-state index < -0.39 is 60.4 Å². The Balaban J connectivity index is 1.02. The van der Waals surface area contributed by atoms with Gasteiger partial charge in [-0.1, -0.05) is 190 Å². The van der Waals surface area contributed by atoms with Crippen LogP contribution < -0.4 is 9.30 Å². The molecule has 0 aliphatic carbocycles. The fourth-order valence-corrected chi connectivity index (χ4v) is 9.51. The van der Waals surface area contributed by atoms with Crippen molar-refractivity contribution in [3.63, 3.8) is 0 Å². The van der Waals surface area contributed by atoms with Gasteiger partial charge in [0.05, 0.1) is 47.1 Å². The van der Waals surface area contributed by atoms with E-state index in [0.717, 1.165) is 50.7 Å². The summed E-state index contributed by atoms with van der Waals surface area (Å²) in [6, 6.07) is 51.8. The number of hydrogen-bond acceptors (Lipinski definition) is 2. The van der Waals surface area contributed by atoms with Gasteiger partial charge in [-0.2, -0.15) is 0 Å². The fraction of sp³-hybridized carbons (Fsp3) is 0.0625. The minimum atomic E-state index is -0.572. The van der Waals surface area contributed by atoms with Crippen molar-refractivity contribution in [1.29, 1.82) is 0 Å². The third-order valence-electron chi connectivity index (χ3n) is 12.8. The van der Waals surface area contributed by atoms with Crippen molar-refractivity contribution in [1.82, 2.24) is 14.1 Å². The molecule has 69 heavy (non-hydrogen) atoms. The van der Waals surface area contributed by atoms with Crippen molar-refractivity contribution in [2.45, 2.75) is 25.7 Å². The molecular weight excluding hydrogens is 841 g/mol. The minimum absolute atomic E-state index is 0.124. The van der Waals surface area contributed by atoms with Crippen LogP contribution in [0, 0.1) is 6.33 Å². The normalized spacial score (nSPS) is 13.7. The van der Waals surface area contributed by atoms with E-state index in [9.17, 15) is 0 Å². The molecule has 9 aromatic carbocycles. The molecule has 0 spiro atoms. The van der Waals surface area contributed by atoms with E-state index in [1.807, 2.05) is 114 Å². The maximum Gasteiger partial charge on any atom is 0.269 e. The van der Waals surface area contributed by atoms with Crippen LogP contribution in [0.3, 0.4) is 0 Å². The van der Waals surface area contributed by atoms with Crippen LogP contribution in [0.5, 0.6) is 11.5 Å². The summed E-state index contributed by atoms with van der Waals surface area (Å²) < 4.78 is 101. The van der Waals surface area contributed by atoms with Crippen LogP contribution >= 0.6 is 0 Å². The first-order chi connectivity index (χ1) is 38.1. The van der Waals surface area contributed by atoms with Crippen LogP contribution in [0.2, 0.25) is 0 Å². The molecule has 0 fully saturated rings. The Morgan fingerprint density at radius 3 is 1.97 bits per heavy atom. The van der Waals surface area contributed by atoms with Crippen molar-refractivity contribution in [2.75, 3.05) is 0 Å². The van der Waals surface area contributed by atoms with Gasteiger partial charge in [0.1, 0.15) is 17.3 Å². The van der Waals surface area contributed by atoms with Gasteiger partial charge in [0, 0.05) is 23.0 Å². The van der Waals surface area contributed by atoms with Crippen molar-refractivity contribution in [3.8, 4) is 62.1 Å². The van der Waals surface area contributed by atoms with Gasteiger partial charge in [0.25, 0.3) is 6.33 Å². The number of nitrogens with zero attached hydrogens (tertiary/aromatic N) is 4. The van der Waals surface area contributed by atoms with Gasteiger partial charge in [-0.25, -0.2) is 4.98 Å². The number of imidazole rings is 1. The van der Waals surface area contributed by atoms with Crippen molar-refractivity contribution in [2.24, 2.45) is 0 Å². The van der Waals surface area contributed by atoms with E-state index in [0.29, 0.717) is 28.2 Å². The summed E-state index contributed by atoms with van der Waals surface area (Å²) >= 11 is 0.